The zero-order valence-electron chi connectivity index (χ0n) is 18.9. The number of nitrogens with zero attached hydrogens (tertiary/aromatic N) is 1. The number of anilines is 1. The number of benzene rings is 3. The van der Waals surface area contributed by atoms with Gasteiger partial charge in [-0.2, -0.15) is 5.10 Å². The summed E-state index contributed by atoms with van der Waals surface area (Å²) in [5.74, 6) is -1.32. The molecule has 2 N–H and O–H groups in total. The summed E-state index contributed by atoms with van der Waals surface area (Å²) in [4.78, 5) is 36.5. The van der Waals surface area contributed by atoms with Crippen molar-refractivity contribution in [1.29, 1.82) is 0 Å². The highest BCUT2D eigenvalue weighted by molar-refractivity contribution is 6.41. The monoisotopic (exact) mass is 495 g/mol. The average molecular weight is 496 g/mol. The second-order valence-corrected chi connectivity index (χ2v) is 7.30. The van der Waals surface area contributed by atoms with E-state index >= 15 is 0 Å². The molecular formula is C25H22ClN3O6. The highest BCUT2D eigenvalue weighted by Crippen LogP contribution is 2.29. The van der Waals surface area contributed by atoms with E-state index in [0.717, 1.165) is 0 Å². The van der Waals surface area contributed by atoms with E-state index in [-0.39, 0.29) is 5.75 Å². The summed E-state index contributed by atoms with van der Waals surface area (Å²) < 4.78 is 16.1. The maximum atomic E-state index is 12.5. The first kappa shape index (κ1) is 25.3. The van der Waals surface area contributed by atoms with E-state index in [1.165, 1.54) is 13.3 Å². The maximum absolute atomic E-state index is 12.5. The van der Waals surface area contributed by atoms with Gasteiger partial charge >= 0.3 is 17.8 Å². The molecule has 3 aromatic rings. The highest BCUT2D eigenvalue weighted by atomic mass is 35.5. The molecule has 0 radical (unpaired) electrons. The number of amides is 2. The molecule has 0 unspecified atom stereocenters. The van der Waals surface area contributed by atoms with Gasteiger partial charge in [0, 0.05) is 0 Å². The molecule has 2 amide bonds. The number of methoxy groups -OCH3 is 1. The molecule has 35 heavy (non-hydrogen) atoms. The number of nitrogens with one attached hydrogen (secondary N) is 2. The van der Waals surface area contributed by atoms with E-state index in [1.807, 2.05) is 0 Å². The van der Waals surface area contributed by atoms with Gasteiger partial charge in [0.15, 0.2) is 11.5 Å². The number of halogens is 1. The van der Waals surface area contributed by atoms with Gasteiger partial charge in [0.2, 0.25) is 0 Å². The van der Waals surface area contributed by atoms with Gasteiger partial charge in [0.25, 0.3) is 0 Å². The summed E-state index contributed by atoms with van der Waals surface area (Å²) in [6.45, 7) is 2.11. The SMILES string of the molecule is CCOc1cc(C=NNC(=O)C(=O)Nc2ccccc2Cl)ccc1OC(=O)c1ccc(OC)cc1. The lowest BCUT2D eigenvalue weighted by atomic mass is 10.2. The second-order valence-electron chi connectivity index (χ2n) is 6.89. The minimum atomic E-state index is -0.976. The molecule has 3 aromatic carbocycles. The number of para-hydroxylation sites is 1. The molecule has 0 saturated heterocycles. The van der Waals surface area contributed by atoms with Crippen molar-refractivity contribution in [2.75, 3.05) is 19.0 Å². The fraction of sp³-hybridized carbons (Fsp3) is 0.120. The normalized spacial score (nSPS) is 10.5. The van der Waals surface area contributed by atoms with E-state index < -0.39 is 17.8 Å². The highest BCUT2D eigenvalue weighted by Gasteiger charge is 2.15. The standard InChI is InChI=1S/C25H22ClN3O6/c1-3-34-22-14-16(8-13-21(22)35-25(32)17-9-11-18(33-2)12-10-17)15-27-29-24(31)23(30)28-20-7-5-4-6-19(20)26/h4-15H,3H2,1-2H3,(H,28,30)(H,29,31). The Hall–Kier alpha value is -4.37. The Morgan fingerprint density at radius 2 is 1.71 bits per heavy atom. The van der Waals surface area contributed by atoms with Gasteiger partial charge in [-0.3, -0.25) is 9.59 Å². The Morgan fingerprint density at radius 1 is 0.971 bits per heavy atom. The molecule has 0 spiro atoms. The molecule has 3 rings (SSSR count). The lowest BCUT2D eigenvalue weighted by Gasteiger charge is -2.11. The first-order valence-electron chi connectivity index (χ1n) is 10.4. The number of hydrogen-bond acceptors (Lipinski definition) is 7. The third-order valence-corrected chi connectivity index (χ3v) is 4.83. The Morgan fingerprint density at radius 3 is 2.40 bits per heavy atom. The molecule has 0 heterocycles. The minimum Gasteiger partial charge on any atom is -0.497 e. The Bertz CT molecular complexity index is 1240. The van der Waals surface area contributed by atoms with Crippen LogP contribution in [0.15, 0.2) is 71.8 Å². The van der Waals surface area contributed by atoms with Crippen molar-refractivity contribution in [2.45, 2.75) is 6.92 Å². The largest absolute Gasteiger partial charge is 0.497 e. The van der Waals surface area contributed by atoms with Gasteiger partial charge in [0.05, 0.1) is 36.2 Å². The lowest BCUT2D eigenvalue weighted by molar-refractivity contribution is -0.136. The van der Waals surface area contributed by atoms with Crippen molar-refractivity contribution in [3.05, 3.63) is 82.9 Å². The number of hydrazone groups is 1. The lowest BCUT2D eigenvalue weighted by Crippen LogP contribution is -2.32. The van der Waals surface area contributed by atoms with Crippen LogP contribution < -0.4 is 25.0 Å². The van der Waals surface area contributed by atoms with Gasteiger partial charge in [-0.25, -0.2) is 10.2 Å². The van der Waals surface area contributed by atoms with Crippen molar-refractivity contribution >= 4 is 41.3 Å². The molecule has 0 aromatic heterocycles. The quantitative estimate of drug-likeness (QED) is 0.160. The van der Waals surface area contributed by atoms with E-state index in [1.54, 1.807) is 73.7 Å². The van der Waals surface area contributed by atoms with Crippen LogP contribution in [0.2, 0.25) is 5.02 Å². The molecule has 0 aliphatic heterocycles. The summed E-state index contributed by atoms with van der Waals surface area (Å²) in [5.41, 5.74) is 3.32. The van der Waals surface area contributed by atoms with Crippen molar-refractivity contribution < 1.29 is 28.6 Å². The molecule has 0 atom stereocenters. The Labute approximate surface area is 206 Å². The molecule has 0 bridgehead atoms. The summed E-state index contributed by atoms with van der Waals surface area (Å²) in [6, 6.07) is 17.7. The number of carbonyl (C=O) groups is 3. The number of rotatable bonds is 8. The predicted molar refractivity (Wildman–Crippen MR) is 131 cm³/mol. The van der Waals surface area contributed by atoms with E-state index in [9.17, 15) is 14.4 Å². The van der Waals surface area contributed by atoms with E-state index in [4.69, 9.17) is 25.8 Å². The minimum absolute atomic E-state index is 0.216. The zero-order chi connectivity index (χ0) is 25.2. The Kier molecular flexibility index (Phi) is 8.80. The molecule has 0 aliphatic rings. The van der Waals surface area contributed by atoms with Gasteiger partial charge in [-0.15, -0.1) is 0 Å². The maximum Gasteiger partial charge on any atom is 0.343 e. The van der Waals surface area contributed by atoms with Crippen LogP contribution in [-0.4, -0.2) is 37.7 Å². The van der Waals surface area contributed by atoms with E-state index in [0.29, 0.717) is 39.9 Å². The van der Waals surface area contributed by atoms with Crippen molar-refractivity contribution in [1.82, 2.24) is 5.43 Å². The third-order valence-electron chi connectivity index (χ3n) is 4.50. The number of ether oxygens (including phenoxy) is 3. The van der Waals surface area contributed by atoms with Crippen molar-refractivity contribution in [3.63, 3.8) is 0 Å². The van der Waals surface area contributed by atoms with Crippen LogP contribution >= 0.6 is 11.6 Å². The van der Waals surface area contributed by atoms with Crippen LogP contribution in [-0.2, 0) is 9.59 Å². The van der Waals surface area contributed by atoms with Gasteiger partial charge in [-0.05, 0) is 67.1 Å². The predicted octanol–water partition coefficient (Wildman–Crippen LogP) is 4.06. The summed E-state index contributed by atoms with van der Waals surface area (Å²) in [7, 11) is 1.54. The van der Waals surface area contributed by atoms with Gasteiger partial charge < -0.3 is 19.5 Å². The van der Waals surface area contributed by atoms with Crippen molar-refractivity contribution in [3.8, 4) is 17.2 Å². The molecule has 0 saturated carbocycles. The van der Waals surface area contributed by atoms with Gasteiger partial charge in [0.1, 0.15) is 5.75 Å². The molecule has 180 valence electrons. The topological polar surface area (TPSA) is 115 Å². The van der Waals surface area contributed by atoms with Gasteiger partial charge in [-0.1, -0.05) is 23.7 Å². The van der Waals surface area contributed by atoms with Crippen LogP contribution in [0.5, 0.6) is 17.2 Å². The summed E-state index contributed by atoms with van der Waals surface area (Å²) in [6.07, 6.45) is 1.32. The first-order chi connectivity index (χ1) is 16.9. The molecule has 0 aliphatic carbocycles. The molecule has 10 heteroatoms. The first-order valence-corrected chi connectivity index (χ1v) is 10.8. The Balaban J connectivity index is 1.64. The fourth-order valence-corrected chi connectivity index (χ4v) is 2.98. The number of esters is 1. The second kappa shape index (κ2) is 12.2. The molecular weight excluding hydrogens is 474 g/mol. The van der Waals surface area contributed by atoms with Crippen LogP contribution in [0, 0.1) is 0 Å². The smallest absolute Gasteiger partial charge is 0.343 e. The zero-order valence-corrected chi connectivity index (χ0v) is 19.7. The van der Waals surface area contributed by atoms with E-state index in [2.05, 4.69) is 15.8 Å². The van der Waals surface area contributed by atoms with Crippen LogP contribution in [0.4, 0.5) is 5.69 Å². The average Bonchev–Trinajstić information content (AvgIpc) is 2.87. The van der Waals surface area contributed by atoms with Crippen LogP contribution in [0.25, 0.3) is 0 Å². The fourth-order valence-electron chi connectivity index (χ4n) is 2.80. The third kappa shape index (κ3) is 7.05. The van der Waals surface area contributed by atoms with Crippen molar-refractivity contribution in [2.24, 2.45) is 5.10 Å². The number of hydrogen-bond donors (Lipinski definition) is 2. The molecule has 9 nitrogen and oxygen atoms in total. The summed E-state index contributed by atoms with van der Waals surface area (Å²) in [5, 5.41) is 6.49. The van der Waals surface area contributed by atoms with Crippen LogP contribution in [0.3, 0.4) is 0 Å². The summed E-state index contributed by atoms with van der Waals surface area (Å²) >= 11 is 5.96. The van der Waals surface area contributed by atoms with Crippen LogP contribution in [0.1, 0.15) is 22.8 Å². The molecule has 0 fully saturated rings. The number of carbonyl (C=O) groups excluding carboxylic acids is 3.